The van der Waals surface area contributed by atoms with Crippen molar-refractivity contribution in [3.8, 4) is 44.8 Å². The summed E-state index contributed by atoms with van der Waals surface area (Å²) >= 11 is 0. The lowest BCUT2D eigenvalue weighted by molar-refractivity contribution is 0.660. The van der Waals surface area contributed by atoms with Crippen LogP contribution in [0.2, 0.25) is 0 Å². The third-order valence-corrected chi connectivity index (χ3v) is 7.51. The van der Waals surface area contributed by atoms with E-state index in [2.05, 4.69) is 111 Å². The normalized spacial score (nSPS) is 13.5. The first-order chi connectivity index (χ1) is 17.6. The highest BCUT2D eigenvalue weighted by Gasteiger charge is 2.35. The largest absolute Gasteiger partial charge is 0.228 e. The molecule has 0 bridgehead atoms. The molecule has 0 amide bonds. The van der Waals surface area contributed by atoms with Crippen LogP contribution in [0.4, 0.5) is 0 Å². The Balaban J connectivity index is 1.46. The first-order valence-electron chi connectivity index (χ1n) is 12.4. The van der Waals surface area contributed by atoms with Crippen molar-refractivity contribution in [1.82, 2.24) is 14.6 Å². The molecule has 3 nitrogen and oxygen atoms in total. The number of benzene rings is 4. The number of hydrogen-bond acceptors (Lipinski definition) is 2. The Morgan fingerprint density at radius 2 is 1.25 bits per heavy atom. The third-order valence-electron chi connectivity index (χ3n) is 7.51. The molecule has 36 heavy (non-hydrogen) atoms. The van der Waals surface area contributed by atoms with Crippen LogP contribution in [0.5, 0.6) is 0 Å². The van der Waals surface area contributed by atoms with E-state index in [1.807, 2.05) is 22.8 Å². The Labute approximate surface area is 210 Å². The van der Waals surface area contributed by atoms with Gasteiger partial charge < -0.3 is 0 Å². The van der Waals surface area contributed by atoms with Crippen molar-refractivity contribution >= 4 is 5.65 Å². The van der Waals surface area contributed by atoms with E-state index in [1.54, 1.807) is 0 Å². The second-order valence-electron chi connectivity index (χ2n) is 9.98. The summed E-state index contributed by atoms with van der Waals surface area (Å²) in [4.78, 5) is 5.14. The average Bonchev–Trinajstić information content (AvgIpc) is 3.46. The molecule has 1 aliphatic carbocycles. The van der Waals surface area contributed by atoms with Crippen molar-refractivity contribution in [3.63, 3.8) is 0 Å². The summed E-state index contributed by atoms with van der Waals surface area (Å²) in [6.45, 7) is 4.63. The summed E-state index contributed by atoms with van der Waals surface area (Å²) < 4.78 is 1.98. The molecular formula is C33H25N3. The van der Waals surface area contributed by atoms with E-state index >= 15 is 0 Å². The quantitative estimate of drug-likeness (QED) is 0.266. The average molecular weight is 464 g/mol. The zero-order chi connectivity index (χ0) is 24.3. The molecule has 0 unspecified atom stereocenters. The summed E-state index contributed by atoms with van der Waals surface area (Å²) in [6.07, 6.45) is 1.96. The zero-order valence-corrected chi connectivity index (χ0v) is 20.3. The van der Waals surface area contributed by atoms with Crippen molar-refractivity contribution in [2.24, 2.45) is 0 Å². The van der Waals surface area contributed by atoms with Gasteiger partial charge in [0.25, 0.3) is 0 Å². The van der Waals surface area contributed by atoms with Crippen LogP contribution in [0.1, 0.15) is 25.0 Å². The number of nitrogens with zero attached hydrogens (tertiary/aromatic N) is 3. The lowest BCUT2D eigenvalue weighted by Gasteiger charge is -2.21. The van der Waals surface area contributed by atoms with Crippen molar-refractivity contribution in [2.45, 2.75) is 19.3 Å². The highest BCUT2D eigenvalue weighted by atomic mass is 15.3. The summed E-state index contributed by atoms with van der Waals surface area (Å²) in [7, 11) is 0. The van der Waals surface area contributed by atoms with Gasteiger partial charge in [0.1, 0.15) is 0 Å². The number of aromatic nitrogens is 3. The second kappa shape index (κ2) is 7.76. The fourth-order valence-electron chi connectivity index (χ4n) is 5.61. The van der Waals surface area contributed by atoms with Crippen LogP contribution in [-0.4, -0.2) is 14.6 Å². The SMILES string of the molecule is CC1(C)c2ccccc2-c2ccc(-c3cnn4c(-c5ccccc5)cc(-c5ccccc5)nc34)cc21. The van der Waals surface area contributed by atoms with Gasteiger partial charge in [-0.15, -0.1) is 0 Å². The second-order valence-corrected chi connectivity index (χ2v) is 9.98. The number of rotatable bonds is 3. The van der Waals surface area contributed by atoms with Crippen LogP contribution in [0, 0.1) is 0 Å². The van der Waals surface area contributed by atoms with Crippen LogP contribution in [0.15, 0.2) is 115 Å². The molecule has 1 aliphatic rings. The van der Waals surface area contributed by atoms with Crippen molar-refractivity contribution in [1.29, 1.82) is 0 Å². The van der Waals surface area contributed by atoms with Crippen LogP contribution < -0.4 is 0 Å². The molecular weight excluding hydrogens is 438 g/mol. The van der Waals surface area contributed by atoms with Gasteiger partial charge in [-0.3, -0.25) is 0 Å². The molecule has 0 N–H and O–H groups in total. The minimum atomic E-state index is -0.0528. The first kappa shape index (κ1) is 20.8. The summed E-state index contributed by atoms with van der Waals surface area (Å²) in [5.74, 6) is 0. The predicted octanol–water partition coefficient (Wildman–Crippen LogP) is 8.04. The van der Waals surface area contributed by atoms with E-state index < -0.39 is 0 Å². The van der Waals surface area contributed by atoms with Gasteiger partial charge in [0, 0.05) is 22.1 Å². The van der Waals surface area contributed by atoms with E-state index in [9.17, 15) is 0 Å². The number of fused-ring (bicyclic) bond motifs is 4. The minimum absolute atomic E-state index is 0.0528. The molecule has 172 valence electrons. The van der Waals surface area contributed by atoms with E-state index in [0.717, 1.165) is 39.3 Å². The monoisotopic (exact) mass is 463 g/mol. The van der Waals surface area contributed by atoms with Gasteiger partial charge in [0.2, 0.25) is 0 Å². The number of hydrogen-bond donors (Lipinski definition) is 0. The van der Waals surface area contributed by atoms with Crippen LogP contribution in [0.3, 0.4) is 0 Å². The van der Waals surface area contributed by atoms with Gasteiger partial charge in [-0.2, -0.15) is 5.10 Å². The maximum absolute atomic E-state index is 5.14. The van der Waals surface area contributed by atoms with Crippen LogP contribution >= 0.6 is 0 Å². The molecule has 2 heterocycles. The van der Waals surface area contributed by atoms with E-state index in [4.69, 9.17) is 10.1 Å². The summed E-state index contributed by atoms with van der Waals surface area (Å²) in [6, 6.07) is 38.5. The third kappa shape index (κ3) is 3.06. The topological polar surface area (TPSA) is 30.2 Å². The molecule has 0 fully saturated rings. The molecule has 3 heteroatoms. The molecule has 6 aromatic rings. The van der Waals surface area contributed by atoms with Gasteiger partial charge in [0.05, 0.1) is 17.6 Å². The Kier molecular flexibility index (Phi) is 4.49. The maximum atomic E-state index is 5.14. The lowest BCUT2D eigenvalue weighted by atomic mass is 9.82. The van der Waals surface area contributed by atoms with Crippen molar-refractivity contribution in [2.75, 3.05) is 0 Å². The van der Waals surface area contributed by atoms with E-state index in [0.29, 0.717) is 0 Å². The highest BCUT2D eigenvalue weighted by Crippen LogP contribution is 2.49. The molecule has 0 spiro atoms. The smallest absolute Gasteiger partial charge is 0.164 e. The molecule has 2 aromatic heterocycles. The molecule has 7 rings (SSSR count). The Morgan fingerprint density at radius 1 is 0.583 bits per heavy atom. The maximum Gasteiger partial charge on any atom is 0.164 e. The predicted molar refractivity (Wildman–Crippen MR) is 147 cm³/mol. The summed E-state index contributed by atoms with van der Waals surface area (Å²) in [5, 5.41) is 4.83. The van der Waals surface area contributed by atoms with Crippen LogP contribution in [0.25, 0.3) is 50.4 Å². The molecule has 0 radical (unpaired) electrons. The molecule has 0 aliphatic heterocycles. The van der Waals surface area contributed by atoms with Gasteiger partial charge in [-0.1, -0.05) is 111 Å². The molecule has 0 atom stereocenters. The standard InChI is InChI=1S/C33H25N3/c1-33(2)28-16-10-9-15-25(28)26-18-17-24(19-29(26)33)27-21-34-36-31(23-13-7-4-8-14-23)20-30(35-32(27)36)22-11-5-3-6-12-22/h3-21H,1-2H3. The molecule has 4 aromatic carbocycles. The highest BCUT2D eigenvalue weighted by molar-refractivity contribution is 5.87. The van der Waals surface area contributed by atoms with Gasteiger partial charge in [-0.25, -0.2) is 9.50 Å². The fourth-order valence-corrected chi connectivity index (χ4v) is 5.61. The van der Waals surface area contributed by atoms with Gasteiger partial charge in [-0.05, 0) is 39.9 Å². The minimum Gasteiger partial charge on any atom is -0.228 e. The van der Waals surface area contributed by atoms with Crippen molar-refractivity contribution < 1.29 is 0 Å². The van der Waals surface area contributed by atoms with Gasteiger partial charge >= 0.3 is 0 Å². The zero-order valence-electron chi connectivity index (χ0n) is 20.3. The van der Waals surface area contributed by atoms with Gasteiger partial charge in [0.15, 0.2) is 5.65 Å². The van der Waals surface area contributed by atoms with Crippen molar-refractivity contribution in [3.05, 3.63) is 127 Å². The van der Waals surface area contributed by atoms with E-state index in [-0.39, 0.29) is 5.41 Å². The lowest BCUT2D eigenvalue weighted by Crippen LogP contribution is -2.14. The summed E-state index contributed by atoms with van der Waals surface area (Å²) in [5.41, 5.74) is 12.6. The Morgan fingerprint density at radius 3 is 2.03 bits per heavy atom. The van der Waals surface area contributed by atoms with Crippen LogP contribution in [-0.2, 0) is 5.41 Å². The fraction of sp³-hybridized carbons (Fsp3) is 0.0909. The molecule has 0 saturated carbocycles. The Bertz CT molecular complexity index is 1750. The van der Waals surface area contributed by atoms with E-state index in [1.165, 1.54) is 22.3 Å². The molecule has 0 saturated heterocycles. The first-order valence-corrected chi connectivity index (χ1v) is 12.4. The Hall–Kier alpha value is -4.50.